The number of nitrogens with one attached hydrogen (secondary N) is 1. The molecule has 0 heterocycles. The molecule has 0 saturated heterocycles. The molecule has 0 aliphatic carbocycles. The first-order valence-corrected chi connectivity index (χ1v) is 7.40. The molecule has 9 heteroatoms. The van der Waals surface area contributed by atoms with Gasteiger partial charge >= 0.3 is 6.18 Å². The molecule has 6 nitrogen and oxygen atoms in total. The van der Waals surface area contributed by atoms with E-state index in [0.717, 1.165) is 12.1 Å². The molecule has 2 aromatic carbocycles. The summed E-state index contributed by atoms with van der Waals surface area (Å²) in [5.74, 6) is -0.609. The van der Waals surface area contributed by atoms with E-state index in [4.69, 9.17) is 0 Å². The van der Waals surface area contributed by atoms with Gasteiger partial charge in [-0.25, -0.2) is 5.43 Å². The molecule has 0 saturated carbocycles. The normalized spacial score (nSPS) is 11.5. The molecule has 0 aromatic heterocycles. The molecular formula is C17H14F3N3O3. The van der Waals surface area contributed by atoms with Crippen LogP contribution in [0, 0.1) is 17.0 Å². The minimum atomic E-state index is -4.48. The van der Waals surface area contributed by atoms with Crippen LogP contribution in [-0.2, 0) is 17.4 Å². The Hall–Kier alpha value is -3.23. The summed E-state index contributed by atoms with van der Waals surface area (Å²) < 4.78 is 37.9. The maximum atomic E-state index is 12.6. The Bertz CT molecular complexity index is 864. The first-order valence-electron chi connectivity index (χ1n) is 7.40. The molecule has 0 radical (unpaired) electrons. The summed E-state index contributed by atoms with van der Waals surface area (Å²) in [4.78, 5) is 22.1. The molecule has 0 aliphatic heterocycles. The fraction of sp³-hybridized carbons (Fsp3) is 0.176. The molecule has 0 fully saturated rings. The molecule has 0 spiro atoms. The van der Waals surface area contributed by atoms with Crippen molar-refractivity contribution in [3.05, 3.63) is 74.8 Å². The molecule has 2 aromatic rings. The summed E-state index contributed by atoms with van der Waals surface area (Å²) in [7, 11) is 0. The zero-order chi connectivity index (χ0) is 19.3. The van der Waals surface area contributed by atoms with Crippen molar-refractivity contribution in [2.24, 2.45) is 5.10 Å². The number of hydrogen-bond donors (Lipinski definition) is 1. The lowest BCUT2D eigenvalue weighted by Crippen LogP contribution is -2.20. The molecule has 136 valence electrons. The summed E-state index contributed by atoms with van der Waals surface area (Å²) in [6, 6.07) is 8.88. The zero-order valence-electron chi connectivity index (χ0n) is 13.6. The van der Waals surface area contributed by atoms with Crippen molar-refractivity contribution in [3.63, 3.8) is 0 Å². The highest BCUT2D eigenvalue weighted by Gasteiger charge is 2.30. The molecule has 0 unspecified atom stereocenters. The van der Waals surface area contributed by atoms with Crippen LogP contribution in [0.3, 0.4) is 0 Å². The van der Waals surface area contributed by atoms with Crippen LogP contribution in [0.15, 0.2) is 47.6 Å². The number of carbonyl (C=O) groups is 1. The van der Waals surface area contributed by atoms with Crippen LogP contribution in [0.1, 0.15) is 22.3 Å². The summed E-state index contributed by atoms with van der Waals surface area (Å²) in [6.07, 6.45) is -3.55. The van der Waals surface area contributed by atoms with Crippen LogP contribution in [0.25, 0.3) is 0 Å². The highest BCUT2D eigenvalue weighted by Crippen LogP contribution is 2.29. The van der Waals surface area contributed by atoms with E-state index in [2.05, 4.69) is 10.5 Å². The Morgan fingerprint density at radius 2 is 2.00 bits per heavy atom. The number of nitro benzene ring substituents is 1. The first kappa shape index (κ1) is 19.1. The number of rotatable bonds is 5. The minimum Gasteiger partial charge on any atom is -0.273 e. The van der Waals surface area contributed by atoms with Crippen LogP contribution in [0.4, 0.5) is 18.9 Å². The molecule has 0 atom stereocenters. The van der Waals surface area contributed by atoms with Crippen molar-refractivity contribution in [1.29, 1.82) is 0 Å². The number of nitro groups is 1. The van der Waals surface area contributed by atoms with Crippen molar-refractivity contribution in [3.8, 4) is 0 Å². The number of halogens is 3. The first-order chi connectivity index (χ1) is 12.2. The third kappa shape index (κ3) is 5.13. The van der Waals surface area contributed by atoms with Gasteiger partial charge < -0.3 is 0 Å². The van der Waals surface area contributed by atoms with Crippen LogP contribution in [0.2, 0.25) is 0 Å². The fourth-order valence-corrected chi connectivity index (χ4v) is 2.16. The lowest BCUT2D eigenvalue weighted by molar-refractivity contribution is -0.385. The van der Waals surface area contributed by atoms with Gasteiger partial charge in [0, 0.05) is 17.2 Å². The number of nitrogens with zero attached hydrogens (tertiary/aromatic N) is 2. The minimum absolute atomic E-state index is 0.0794. The van der Waals surface area contributed by atoms with Gasteiger partial charge in [0.15, 0.2) is 0 Å². The summed E-state index contributed by atoms with van der Waals surface area (Å²) >= 11 is 0. The third-order valence-electron chi connectivity index (χ3n) is 3.45. The van der Waals surface area contributed by atoms with Gasteiger partial charge in [-0.3, -0.25) is 14.9 Å². The average Bonchev–Trinajstić information content (AvgIpc) is 2.55. The molecule has 0 aliphatic rings. The SMILES string of the molecule is Cc1ccc(/C=N/NC(=O)Cc2cccc(C(F)(F)F)c2)cc1[N+](=O)[O-]. The van der Waals surface area contributed by atoms with Crippen molar-refractivity contribution < 1.29 is 22.9 Å². The van der Waals surface area contributed by atoms with Gasteiger partial charge in [0.1, 0.15) is 0 Å². The van der Waals surface area contributed by atoms with E-state index in [1.165, 1.54) is 24.4 Å². The molecular weight excluding hydrogens is 351 g/mol. The highest BCUT2D eigenvalue weighted by molar-refractivity contribution is 5.84. The highest BCUT2D eigenvalue weighted by atomic mass is 19.4. The van der Waals surface area contributed by atoms with E-state index >= 15 is 0 Å². The summed E-state index contributed by atoms with van der Waals surface area (Å²) in [5.41, 5.74) is 2.35. The molecule has 26 heavy (non-hydrogen) atoms. The van der Waals surface area contributed by atoms with E-state index in [9.17, 15) is 28.1 Å². The Morgan fingerprint density at radius 3 is 2.65 bits per heavy atom. The molecule has 2 rings (SSSR count). The van der Waals surface area contributed by atoms with Crippen molar-refractivity contribution in [2.45, 2.75) is 19.5 Å². The summed E-state index contributed by atoms with van der Waals surface area (Å²) in [6.45, 7) is 1.59. The van der Waals surface area contributed by atoms with E-state index < -0.39 is 22.6 Å². The molecule has 1 amide bonds. The van der Waals surface area contributed by atoms with Crippen molar-refractivity contribution in [1.82, 2.24) is 5.43 Å². The lowest BCUT2D eigenvalue weighted by Gasteiger charge is -2.08. The number of hydrogen-bond acceptors (Lipinski definition) is 4. The Labute approximate surface area is 146 Å². The number of aryl methyl sites for hydroxylation is 1. The predicted octanol–water partition coefficient (Wildman–Crippen LogP) is 3.61. The van der Waals surface area contributed by atoms with E-state index in [1.54, 1.807) is 19.1 Å². The smallest absolute Gasteiger partial charge is 0.273 e. The van der Waals surface area contributed by atoms with Gasteiger partial charge in [-0.2, -0.15) is 18.3 Å². The quantitative estimate of drug-likeness (QED) is 0.499. The largest absolute Gasteiger partial charge is 0.416 e. The maximum absolute atomic E-state index is 12.6. The fourth-order valence-electron chi connectivity index (χ4n) is 2.16. The molecule has 0 bridgehead atoms. The van der Waals surface area contributed by atoms with Gasteiger partial charge in [0.25, 0.3) is 5.69 Å². The second-order valence-corrected chi connectivity index (χ2v) is 5.47. The Kier molecular flexibility index (Phi) is 5.71. The Balaban J connectivity index is 2.00. The number of carbonyl (C=O) groups excluding carboxylic acids is 1. The number of alkyl halides is 3. The van der Waals surface area contributed by atoms with Crippen molar-refractivity contribution in [2.75, 3.05) is 0 Å². The maximum Gasteiger partial charge on any atom is 0.416 e. The monoisotopic (exact) mass is 365 g/mol. The standard InChI is InChI=1S/C17H14F3N3O3/c1-11-5-6-13(8-15(11)23(25)26)10-21-22-16(24)9-12-3-2-4-14(7-12)17(18,19)20/h2-8,10H,9H2,1H3,(H,22,24)/b21-10+. The van der Waals surface area contributed by atoms with Crippen LogP contribution in [-0.4, -0.2) is 17.0 Å². The van der Waals surface area contributed by atoms with Crippen LogP contribution in [0.5, 0.6) is 0 Å². The molecule has 1 N–H and O–H groups in total. The van der Waals surface area contributed by atoms with Gasteiger partial charge in [-0.1, -0.05) is 30.3 Å². The predicted molar refractivity (Wildman–Crippen MR) is 88.7 cm³/mol. The number of hydrazone groups is 1. The van der Waals surface area contributed by atoms with Gasteiger partial charge in [0.2, 0.25) is 5.91 Å². The second kappa shape index (κ2) is 7.77. The van der Waals surface area contributed by atoms with E-state index in [0.29, 0.717) is 11.1 Å². The topological polar surface area (TPSA) is 84.6 Å². The third-order valence-corrected chi connectivity index (χ3v) is 3.45. The Morgan fingerprint density at radius 1 is 1.27 bits per heavy atom. The van der Waals surface area contributed by atoms with E-state index in [-0.39, 0.29) is 17.7 Å². The van der Waals surface area contributed by atoms with Gasteiger partial charge in [-0.15, -0.1) is 0 Å². The number of benzene rings is 2. The lowest BCUT2D eigenvalue weighted by atomic mass is 10.1. The summed E-state index contributed by atoms with van der Waals surface area (Å²) in [5, 5.41) is 14.5. The second-order valence-electron chi connectivity index (χ2n) is 5.47. The number of amides is 1. The van der Waals surface area contributed by atoms with Crippen LogP contribution < -0.4 is 5.43 Å². The zero-order valence-corrected chi connectivity index (χ0v) is 13.6. The van der Waals surface area contributed by atoms with Gasteiger partial charge in [-0.05, 0) is 18.6 Å². The average molecular weight is 365 g/mol. The van der Waals surface area contributed by atoms with Crippen molar-refractivity contribution >= 4 is 17.8 Å². The van der Waals surface area contributed by atoms with E-state index in [1.807, 2.05) is 0 Å². The van der Waals surface area contributed by atoms with Crippen LogP contribution >= 0.6 is 0 Å². The van der Waals surface area contributed by atoms with Gasteiger partial charge in [0.05, 0.1) is 23.1 Å².